The molecule has 0 fully saturated rings. The topological polar surface area (TPSA) is 95.2 Å². The molecule has 0 aliphatic carbocycles. The molecule has 0 saturated heterocycles. The van der Waals surface area contributed by atoms with E-state index in [0.717, 1.165) is 12.8 Å². The quantitative estimate of drug-likeness (QED) is 0.273. The number of nitrogens with two attached hydrogens (primary N) is 1. The van der Waals surface area contributed by atoms with Crippen LogP contribution in [0.15, 0.2) is 0 Å². The number of carbonyl (C=O) groups is 2. The average molecular weight is 400 g/mol. The number of carbonyl (C=O) groups excluding carboxylic acids is 2. The van der Waals surface area contributed by atoms with Crippen molar-refractivity contribution in [1.29, 1.82) is 0 Å². The molecule has 0 aromatic heterocycles. The van der Waals surface area contributed by atoms with Gasteiger partial charge in [0.15, 0.2) is 0 Å². The van der Waals surface area contributed by atoms with Crippen LogP contribution in [0.25, 0.3) is 0 Å². The van der Waals surface area contributed by atoms with Crippen LogP contribution in [0.5, 0.6) is 0 Å². The van der Waals surface area contributed by atoms with E-state index in [-0.39, 0.29) is 5.91 Å². The number of rotatable bonds is 18. The molecule has 1 amide bonds. The van der Waals surface area contributed by atoms with E-state index in [1.807, 2.05) is 21.1 Å². The Morgan fingerprint density at radius 1 is 0.857 bits per heavy atom. The van der Waals surface area contributed by atoms with Crippen LogP contribution < -0.4 is 16.2 Å². The first-order valence-corrected chi connectivity index (χ1v) is 11.2. The Labute approximate surface area is 172 Å². The summed E-state index contributed by atoms with van der Waals surface area (Å²) in [4.78, 5) is 23.5. The van der Waals surface area contributed by atoms with Gasteiger partial charge in [-0.15, -0.1) is 0 Å². The molecule has 2 atom stereocenters. The minimum absolute atomic E-state index is 0.284. The summed E-state index contributed by atoms with van der Waals surface area (Å²) in [6, 6.07) is -1.28. The van der Waals surface area contributed by atoms with Gasteiger partial charge in [0, 0.05) is 6.54 Å². The number of carboxylic acid groups (broad SMARTS) is 1. The maximum Gasteiger partial charge on any atom is 0.230 e. The maximum atomic E-state index is 12.4. The number of amides is 1. The van der Waals surface area contributed by atoms with Crippen LogP contribution in [0.4, 0.5) is 0 Å². The maximum absolute atomic E-state index is 12.4. The van der Waals surface area contributed by atoms with E-state index in [1.165, 1.54) is 64.2 Å². The summed E-state index contributed by atoms with van der Waals surface area (Å²) in [5.74, 6) is -2.44. The lowest BCUT2D eigenvalue weighted by Crippen LogP contribution is -2.57. The fraction of sp³-hybridized carbons (Fsp3) is 0.909. The molecule has 0 aliphatic rings. The van der Waals surface area contributed by atoms with Gasteiger partial charge in [0.2, 0.25) is 5.91 Å². The van der Waals surface area contributed by atoms with E-state index >= 15 is 0 Å². The summed E-state index contributed by atoms with van der Waals surface area (Å²) >= 11 is 0. The second-order valence-corrected chi connectivity index (χ2v) is 9.10. The number of carboxylic acids is 1. The van der Waals surface area contributed by atoms with Crippen molar-refractivity contribution < 1.29 is 19.2 Å². The molecule has 0 saturated carbocycles. The first-order chi connectivity index (χ1) is 13.2. The zero-order valence-electron chi connectivity index (χ0n) is 18.8. The van der Waals surface area contributed by atoms with Gasteiger partial charge in [-0.3, -0.25) is 4.79 Å². The summed E-state index contributed by atoms with van der Waals surface area (Å²) in [6.45, 7) is 3.18. The molecule has 166 valence electrons. The van der Waals surface area contributed by atoms with Crippen molar-refractivity contribution in [1.82, 2.24) is 5.32 Å². The van der Waals surface area contributed by atoms with Crippen molar-refractivity contribution in [2.75, 3.05) is 34.2 Å². The van der Waals surface area contributed by atoms with Gasteiger partial charge >= 0.3 is 0 Å². The fourth-order valence-electron chi connectivity index (χ4n) is 3.42. The first-order valence-electron chi connectivity index (χ1n) is 11.2. The van der Waals surface area contributed by atoms with E-state index in [4.69, 9.17) is 5.73 Å². The highest BCUT2D eigenvalue weighted by atomic mass is 16.4. The first kappa shape index (κ1) is 26.9. The highest BCUT2D eigenvalue weighted by Gasteiger charge is 2.31. The molecule has 3 N–H and O–H groups in total. The SMILES string of the molecule is CCCCCCCCCCCCCCNC(=O)C(C[N+](C)(C)C)[C@@H](N)C(=O)[O-]. The van der Waals surface area contributed by atoms with Crippen molar-refractivity contribution in [2.45, 2.75) is 90.0 Å². The van der Waals surface area contributed by atoms with Crippen LogP contribution in [0.2, 0.25) is 0 Å². The number of unbranched alkanes of at least 4 members (excludes halogenated alkanes) is 11. The summed E-state index contributed by atoms with van der Waals surface area (Å²) in [6.07, 6.45) is 15.2. The van der Waals surface area contributed by atoms with Crippen LogP contribution in [-0.4, -0.2) is 56.6 Å². The summed E-state index contributed by atoms with van der Waals surface area (Å²) < 4.78 is 0.470. The second kappa shape index (κ2) is 15.7. The molecule has 0 rings (SSSR count). The van der Waals surface area contributed by atoms with Gasteiger partial charge in [0.05, 0.1) is 39.7 Å². The summed E-state index contributed by atoms with van der Waals surface area (Å²) in [7, 11) is 5.73. The van der Waals surface area contributed by atoms with E-state index in [0.29, 0.717) is 17.6 Å². The van der Waals surface area contributed by atoms with Crippen LogP contribution in [0, 0.1) is 5.92 Å². The Bertz CT molecular complexity index is 422. The molecule has 0 aromatic carbocycles. The highest BCUT2D eigenvalue weighted by molar-refractivity contribution is 5.85. The normalized spacial score (nSPS) is 13.9. The molecule has 0 radical (unpaired) electrons. The fourth-order valence-corrected chi connectivity index (χ4v) is 3.42. The highest BCUT2D eigenvalue weighted by Crippen LogP contribution is 2.12. The van der Waals surface area contributed by atoms with E-state index in [9.17, 15) is 14.7 Å². The summed E-state index contributed by atoms with van der Waals surface area (Å²) in [5, 5.41) is 14.0. The van der Waals surface area contributed by atoms with E-state index < -0.39 is 17.9 Å². The minimum atomic E-state index is -1.38. The van der Waals surface area contributed by atoms with Gasteiger partial charge in [0.1, 0.15) is 5.92 Å². The van der Waals surface area contributed by atoms with Crippen LogP contribution in [0.1, 0.15) is 84.0 Å². The Kier molecular flexibility index (Phi) is 15.1. The lowest BCUT2D eigenvalue weighted by Gasteiger charge is -2.31. The second-order valence-electron chi connectivity index (χ2n) is 9.10. The number of nitrogens with zero attached hydrogens (tertiary/aromatic N) is 1. The molecule has 0 spiro atoms. The molecular weight excluding hydrogens is 354 g/mol. The monoisotopic (exact) mass is 399 g/mol. The van der Waals surface area contributed by atoms with Gasteiger partial charge in [-0.05, 0) is 6.42 Å². The van der Waals surface area contributed by atoms with Crippen molar-refractivity contribution >= 4 is 11.9 Å². The standard InChI is InChI=1S/C22H45N3O3/c1-5-6-7-8-9-10-11-12-13-14-15-16-17-24-21(26)19(18-25(2,3)4)20(23)22(27)28/h19-20H,5-18,23H2,1-4H3,(H-,24,26,27,28)/t19?,20-/m1/s1. The third kappa shape index (κ3) is 14.9. The van der Waals surface area contributed by atoms with Crippen molar-refractivity contribution in [2.24, 2.45) is 11.7 Å². The predicted molar refractivity (Wildman–Crippen MR) is 113 cm³/mol. The number of aliphatic carboxylic acids is 1. The Morgan fingerprint density at radius 3 is 1.68 bits per heavy atom. The number of hydrogen-bond donors (Lipinski definition) is 2. The zero-order chi connectivity index (χ0) is 21.4. The third-order valence-electron chi connectivity index (χ3n) is 5.12. The van der Waals surface area contributed by atoms with Crippen LogP contribution in [-0.2, 0) is 9.59 Å². The van der Waals surface area contributed by atoms with Gasteiger partial charge in [0.25, 0.3) is 0 Å². The third-order valence-corrected chi connectivity index (χ3v) is 5.12. The average Bonchev–Trinajstić information content (AvgIpc) is 2.62. The van der Waals surface area contributed by atoms with Crippen LogP contribution >= 0.6 is 0 Å². The predicted octanol–water partition coefficient (Wildman–Crippen LogP) is 2.20. The molecule has 1 unspecified atom stereocenters. The molecule has 6 heteroatoms. The lowest BCUT2D eigenvalue weighted by molar-refractivity contribution is -0.872. The minimum Gasteiger partial charge on any atom is -0.548 e. The number of quaternary nitrogens is 1. The number of hydrogen-bond acceptors (Lipinski definition) is 4. The van der Waals surface area contributed by atoms with Crippen molar-refractivity contribution in [3.8, 4) is 0 Å². The smallest absolute Gasteiger partial charge is 0.230 e. The van der Waals surface area contributed by atoms with Gasteiger partial charge in [-0.2, -0.15) is 0 Å². The molecule has 0 bridgehead atoms. The van der Waals surface area contributed by atoms with E-state index in [1.54, 1.807) is 0 Å². The molecule has 28 heavy (non-hydrogen) atoms. The number of nitrogens with one attached hydrogen (secondary N) is 1. The Hall–Kier alpha value is -1.14. The largest absolute Gasteiger partial charge is 0.548 e. The van der Waals surface area contributed by atoms with Crippen molar-refractivity contribution in [3.63, 3.8) is 0 Å². The zero-order valence-corrected chi connectivity index (χ0v) is 18.8. The Balaban J connectivity index is 3.82. The molecule has 0 heterocycles. The van der Waals surface area contributed by atoms with Gasteiger partial charge < -0.3 is 25.4 Å². The Morgan fingerprint density at radius 2 is 1.29 bits per heavy atom. The lowest BCUT2D eigenvalue weighted by atomic mass is 9.98. The molecule has 0 aromatic rings. The van der Waals surface area contributed by atoms with Gasteiger partial charge in [-0.1, -0.05) is 77.6 Å². The van der Waals surface area contributed by atoms with Crippen LogP contribution in [0.3, 0.4) is 0 Å². The summed E-state index contributed by atoms with van der Waals surface area (Å²) in [5.41, 5.74) is 5.68. The van der Waals surface area contributed by atoms with Crippen molar-refractivity contribution in [3.05, 3.63) is 0 Å². The molecule has 0 aliphatic heterocycles. The molecular formula is C22H45N3O3. The van der Waals surface area contributed by atoms with Gasteiger partial charge in [-0.25, -0.2) is 0 Å². The van der Waals surface area contributed by atoms with E-state index in [2.05, 4.69) is 12.2 Å². The molecule has 6 nitrogen and oxygen atoms in total.